The molecule has 16 heavy (non-hydrogen) atoms. The second kappa shape index (κ2) is 3.87. The van der Waals surface area contributed by atoms with Crippen molar-refractivity contribution in [2.24, 2.45) is 0 Å². The average Bonchev–Trinajstić information content (AvgIpc) is 3.12. The molecule has 5 heteroatoms. The number of aromatic nitrogens is 1. The molecule has 1 aromatic rings. The molecule has 0 unspecified atom stereocenters. The summed E-state index contributed by atoms with van der Waals surface area (Å²) in [5.41, 5.74) is 0.942. The molecule has 1 saturated carbocycles. The van der Waals surface area contributed by atoms with Gasteiger partial charge < -0.3 is 0 Å². The largest absolute Gasteiger partial charge is 0.244 e. The third-order valence-electron chi connectivity index (χ3n) is 2.74. The highest BCUT2D eigenvalue weighted by atomic mass is 32.2. The van der Waals surface area contributed by atoms with Crippen LogP contribution >= 0.6 is 0 Å². The van der Waals surface area contributed by atoms with Crippen molar-refractivity contribution in [2.75, 3.05) is 5.75 Å². The van der Waals surface area contributed by atoms with E-state index in [4.69, 9.17) is 5.26 Å². The molecule has 1 aliphatic rings. The Morgan fingerprint density at radius 2 is 2.25 bits per heavy atom. The van der Waals surface area contributed by atoms with Crippen molar-refractivity contribution < 1.29 is 8.42 Å². The monoisotopic (exact) mass is 236 g/mol. The Bertz CT molecular complexity index is 554. The van der Waals surface area contributed by atoms with Gasteiger partial charge in [-0.2, -0.15) is 5.26 Å². The van der Waals surface area contributed by atoms with Crippen molar-refractivity contribution >= 4 is 9.84 Å². The van der Waals surface area contributed by atoms with Gasteiger partial charge in [0.05, 0.1) is 5.75 Å². The molecule has 4 nitrogen and oxygen atoms in total. The van der Waals surface area contributed by atoms with Crippen LogP contribution in [0.3, 0.4) is 0 Å². The molecule has 2 rings (SSSR count). The first-order chi connectivity index (χ1) is 7.58. The van der Waals surface area contributed by atoms with E-state index < -0.39 is 9.84 Å². The van der Waals surface area contributed by atoms with E-state index in [9.17, 15) is 8.42 Å². The first kappa shape index (κ1) is 11.1. The highest BCUT2D eigenvalue weighted by Crippen LogP contribution is 2.40. The van der Waals surface area contributed by atoms with E-state index >= 15 is 0 Å². The highest BCUT2D eigenvalue weighted by molar-refractivity contribution is 7.91. The van der Waals surface area contributed by atoms with Crippen molar-refractivity contribution in [3.63, 3.8) is 0 Å². The zero-order chi connectivity index (χ0) is 11.8. The number of rotatable bonds is 3. The van der Waals surface area contributed by atoms with Gasteiger partial charge in [0.1, 0.15) is 11.0 Å². The van der Waals surface area contributed by atoms with Gasteiger partial charge in [0.25, 0.3) is 0 Å². The molecular weight excluding hydrogens is 224 g/mol. The third-order valence-corrected chi connectivity index (χ3v) is 4.49. The molecule has 0 aliphatic heterocycles. The lowest BCUT2D eigenvalue weighted by atomic mass is 10.2. The highest BCUT2D eigenvalue weighted by Gasteiger charge is 2.27. The molecule has 0 amide bonds. The molecule has 0 spiro atoms. The summed E-state index contributed by atoms with van der Waals surface area (Å²) < 4.78 is 23.6. The molecule has 1 aliphatic carbocycles. The van der Waals surface area contributed by atoms with E-state index in [0.29, 0.717) is 5.92 Å². The standard InChI is InChI=1S/C11H12N2O2S/c1-2-16(14,15)11-5-9(8-3-4-8)7-13-10(11)6-12/h5,7-8H,2-4H2,1H3. The van der Waals surface area contributed by atoms with Gasteiger partial charge in [-0.15, -0.1) is 0 Å². The van der Waals surface area contributed by atoms with Crippen LogP contribution in [0.2, 0.25) is 0 Å². The third kappa shape index (κ3) is 1.93. The fraction of sp³-hybridized carbons (Fsp3) is 0.455. The summed E-state index contributed by atoms with van der Waals surface area (Å²) in [7, 11) is -3.35. The van der Waals surface area contributed by atoms with Crippen LogP contribution in [0.25, 0.3) is 0 Å². The molecule has 84 valence electrons. The van der Waals surface area contributed by atoms with E-state index in [2.05, 4.69) is 4.98 Å². The molecule has 1 heterocycles. The maximum atomic E-state index is 11.8. The minimum atomic E-state index is -3.35. The van der Waals surface area contributed by atoms with E-state index in [1.165, 1.54) is 0 Å². The molecule has 0 saturated heterocycles. The Morgan fingerprint density at radius 1 is 1.56 bits per heavy atom. The number of sulfone groups is 1. The fourth-order valence-corrected chi connectivity index (χ4v) is 2.60. The molecule has 0 N–H and O–H groups in total. The van der Waals surface area contributed by atoms with Gasteiger partial charge >= 0.3 is 0 Å². The zero-order valence-corrected chi connectivity index (χ0v) is 9.79. The van der Waals surface area contributed by atoms with Gasteiger partial charge in [-0.25, -0.2) is 13.4 Å². The molecular formula is C11H12N2O2S. The second-order valence-corrected chi connectivity index (χ2v) is 6.15. The summed E-state index contributed by atoms with van der Waals surface area (Å²) in [5.74, 6) is 0.434. The van der Waals surface area contributed by atoms with E-state index in [1.54, 1.807) is 19.2 Å². The predicted octanol–water partition coefficient (Wildman–Crippen LogP) is 1.62. The van der Waals surface area contributed by atoms with Crippen molar-refractivity contribution in [3.8, 4) is 6.07 Å². The summed E-state index contributed by atoms with van der Waals surface area (Å²) >= 11 is 0. The Hall–Kier alpha value is -1.41. The van der Waals surface area contributed by atoms with E-state index in [-0.39, 0.29) is 16.3 Å². The van der Waals surface area contributed by atoms with Crippen LogP contribution in [-0.2, 0) is 9.84 Å². The number of nitrogens with zero attached hydrogens (tertiary/aromatic N) is 2. The average molecular weight is 236 g/mol. The molecule has 1 fully saturated rings. The molecule has 0 bridgehead atoms. The topological polar surface area (TPSA) is 70.8 Å². The molecule has 0 aromatic carbocycles. The van der Waals surface area contributed by atoms with Crippen LogP contribution in [-0.4, -0.2) is 19.2 Å². The predicted molar refractivity (Wildman–Crippen MR) is 58.7 cm³/mol. The van der Waals surface area contributed by atoms with Gasteiger partial charge in [0.2, 0.25) is 0 Å². The second-order valence-electron chi connectivity index (χ2n) is 3.90. The first-order valence-electron chi connectivity index (χ1n) is 5.21. The van der Waals surface area contributed by atoms with Gasteiger partial charge in [-0.3, -0.25) is 0 Å². The Balaban J connectivity index is 2.56. The van der Waals surface area contributed by atoms with Crippen LogP contribution in [0.4, 0.5) is 0 Å². The Kier molecular flexibility index (Phi) is 2.68. The zero-order valence-electron chi connectivity index (χ0n) is 8.97. The fourth-order valence-electron chi connectivity index (χ4n) is 1.58. The normalized spacial score (nSPS) is 15.8. The summed E-state index contributed by atoms with van der Waals surface area (Å²) in [6.45, 7) is 1.57. The van der Waals surface area contributed by atoms with Crippen LogP contribution in [0.15, 0.2) is 17.2 Å². The van der Waals surface area contributed by atoms with E-state index in [0.717, 1.165) is 18.4 Å². The molecule has 0 atom stereocenters. The van der Waals surface area contributed by atoms with Crippen LogP contribution in [0.1, 0.15) is 36.9 Å². The SMILES string of the molecule is CCS(=O)(=O)c1cc(C2CC2)cnc1C#N. The van der Waals surface area contributed by atoms with Crippen LogP contribution in [0.5, 0.6) is 0 Å². The molecule has 1 aromatic heterocycles. The van der Waals surface area contributed by atoms with Gasteiger partial charge in [0, 0.05) is 6.20 Å². The summed E-state index contributed by atoms with van der Waals surface area (Å²) in [6, 6.07) is 3.45. The number of pyridine rings is 1. The van der Waals surface area contributed by atoms with Gasteiger partial charge in [-0.1, -0.05) is 6.92 Å². The maximum Gasteiger partial charge on any atom is 0.180 e. The lowest BCUT2D eigenvalue weighted by molar-refractivity contribution is 0.596. The minimum Gasteiger partial charge on any atom is -0.244 e. The summed E-state index contributed by atoms with van der Waals surface area (Å²) in [5, 5.41) is 8.85. The van der Waals surface area contributed by atoms with Crippen molar-refractivity contribution in [3.05, 3.63) is 23.5 Å². The summed E-state index contributed by atoms with van der Waals surface area (Å²) in [4.78, 5) is 4.02. The quantitative estimate of drug-likeness (QED) is 0.799. The summed E-state index contributed by atoms with van der Waals surface area (Å²) in [6.07, 6.45) is 3.78. The van der Waals surface area contributed by atoms with Crippen molar-refractivity contribution in [1.82, 2.24) is 4.98 Å². The van der Waals surface area contributed by atoms with Gasteiger partial charge in [0.15, 0.2) is 15.5 Å². The van der Waals surface area contributed by atoms with Crippen molar-refractivity contribution in [2.45, 2.75) is 30.6 Å². The van der Waals surface area contributed by atoms with Crippen LogP contribution < -0.4 is 0 Å². The number of nitriles is 1. The molecule has 0 radical (unpaired) electrons. The van der Waals surface area contributed by atoms with Gasteiger partial charge in [-0.05, 0) is 30.4 Å². The van der Waals surface area contributed by atoms with E-state index in [1.807, 2.05) is 6.07 Å². The lowest BCUT2D eigenvalue weighted by Gasteiger charge is -2.05. The first-order valence-corrected chi connectivity index (χ1v) is 6.86. The van der Waals surface area contributed by atoms with Crippen molar-refractivity contribution in [1.29, 1.82) is 5.26 Å². The number of hydrogen-bond acceptors (Lipinski definition) is 4. The number of hydrogen-bond donors (Lipinski definition) is 0. The Labute approximate surface area is 94.9 Å². The minimum absolute atomic E-state index is 0.00250. The van der Waals surface area contributed by atoms with Crippen LogP contribution in [0, 0.1) is 11.3 Å². The Morgan fingerprint density at radius 3 is 2.75 bits per heavy atom. The lowest BCUT2D eigenvalue weighted by Crippen LogP contribution is -2.08. The smallest absolute Gasteiger partial charge is 0.180 e. The maximum absolute atomic E-state index is 11.8.